The van der Waals surface area contributed by atoms with E-state index in [9.17, 15) is 19.5 Å². The summed E-state index contributed by atoms with van der Waals surface area (Å²) in [6.07, 6.45) is 6.73. The number of anilines is 1. The van der Waals surface area contributed by atoms with E-state index in [4.69, 9.17) is 21.1 Å². The molecule has 9 heteroatoms. The number of carbonyl (C=O) groups is 3. The van der Waals surface area contributed by atoms with Gasteiger partial charge in [0.1, 0.15) is 24.2 Å². The van der Waals surface area contributed by atoms with E-state index >= 15 is 0 Å². The number of hydrogen-bond donors (Lipinski definition) is 1. The number of cyclic esters (lactones) is 1. The van der Waals surface area contributed by atoms with Gasteiger partial charge in [-0.05, 0) is 31.1 Å². The smallest absolute Gasteiger partial charge is 0.313 e. The first-order chi connectivity index (χ1) is 16.4. The number of carbonyl (C=O) groups excluding carboxylic acids is 3. The number of benzene rings is 1. The Morgan fingerprint density at radius 1 is 1.24 bits per heavy atom. The van der Waals surface area contributed by atoms with Crippen LogP contribution in [-0.4, -0.2) is 71.3 Å². The van der Waals surface area contributed by atoms with Crippen molar-refractivity contribution in [3.8, 4) is 0 Å². The van der Waals surface area contributed by atoms with Crippen LogP contribution < -0.4 is 4.90 Å². The zero-order valence-electron chi connectivity index (χ0n) is 19.0. The minimum absolute atomic E-state index is 0.110. The Hall–Kier alpha value is -2.68. The highest BCUT2D eigenvalue weighted by Gasteiger charge is 2.72. The first-order valence-electron chi connectivity index (χ1n) is 11.5. The van der Waals surface area contributed by atoms with Crippen LogP contribution in [-0.2, 0) is 23.9 Å². The maximum Gasteiger partial charge on any atom is 0.313 e. The Bertz CT molecular complexity index is 1080. The molecule has 34 heavy (non-hydrogen) atoms. The average molecular weight is 487 g/mol. The maximum absolute atomic E-state index is 14.3. The lowest BCUT2D eigenvalue weighted by Gasteiger charge is -2.38. The number of nitrogens with zero attached hydrogens (tertiary/aromatic N) is 2. The minimum Gasteiger partial charge on any atom is -0.461 e. The third kappa shape index (κ3) is 3.16. The number of halogens is 1. The summed E-state index contributed by atoms with van der Waals surface area (Å²) in [5, 5.41) is 10.5. The lowest BCUT2D eigenvalue weighted by Crippen LogP contribution is -2.58. The zero-order valence-corrected chi connectivity index (χ0v) is 19.8. The van der Waals surface area contributed by atoms with E-state index in [2.05, 4.69) is 0 Å². The summed E-state index contributed by atoms with van der Waals surface area (Å²) in [6.45, 7) is 3.73. The average Bonchev–Trinajstić information content (AvgIpc) is 3.11. The number of amides is 2. The highest BCUT2D eigenvalue weighted by Crippen LogP contribution is 2.54. The fourth-order valence-electron chi connectivity index (χ4n) is 5.88. The van der Waals surface area contributed by atoms with Gasteiger partial charge in [0.05, 0.1) is 35.4 Å². The molecule has 4 heterocycles. The molecule has 1 N–H and O–H groups in total. The van der Waals surface area contributed by atoms with E-state index in [-0.39, 0.29) is 31.6 Å². The van der Waals surface area contributed by atoms with Crippen molar-refractivity contribution in [1.82, 2.24) is 4.90 Å². The molecular formula is C25H27ClN2O6. The number of fused-ring (bicyclic) bond motifs is 2. The van der Waals surface area contributed by atoms with Crippen LogP contribution >= 0.6 is 11.6 Å². The van der Waals surface area contributed by atoms with Crippen molar-refractivity contribution >= 4 is 35.1 Å². The molecule has 5 rings (SSSR count). The van der Waals surface area contributed by atoms with Crippen LogP contribution in [0, 0.1) is 18.8 Å². The van der Waals surface area contributed by atoms with Crippen molar-refractivity contribution in [3.05, 3.63) is 53.1 Å². The summed E-state index contributed by atoms with van der Waals surface area (Å²) in [7, 11) is 0. The van der Waals surface area contributed by atoms with E-state index in [0.29, 0.717) is 17.1 Å². The molecule has 180 valence electrons. The van der Waals surface area contributed by atoms with E-state index in [0.717, 1.165) is 5.56 Å². The Balaban J connectivity index is 1.68. The number of aryl methyl sites for hydroxylation is 1. The van der Waals surface area contributed by atoms with Gasteiger partial charge in [-0.2, -0.15) is 0 Å². The van der Waals surface area contributed by atoms with Crippen LogP contribution in [0.3, 0.4) is 0 Å². The number of rotatable bonds is 4. The summed E-state index contributed by atoms with van der Waals surface area (Å²) in [4.78, 5) is 44.1. The van der Waals surface area contributed by atoms with Crippen LogP contribution in [0.2, 0.25) is 5.02 Å². The number of likely N-dealkylation sites (tertiary alicyclic amines) is 1. The molecule has 2 amide bonds. The Labute approximate surface area is 202 Å². The van der Waals surface area contributed by atoms with Gasteiger partial charge in [-0.15, -0.1) is 0 Å². The van der Waals surface area contributed by atoms with Gasteiger partial charge in [0.15, 0.2) is 0 Å². The first kappa shape index (κ1) is 23.1. The number of aliphatic hydroxyl groups excluding tert-OH is 1. The second-order valence-corrected chi connectivity index (χ2v) is 9.55. The number of aliphatic hydroxyl groups is 1. The molecule has 2 saturated heterocycles. The van der Waals surface area contributed by atoms with Crippen molar-refractivity contribution in [3.63, 3.8) is 0 Å². The van der Waals surface area contributed by atoms with Gasteiger partial charge < -0.3 is 24.4 Å². The summed E-state index contributed by atoms with van der Waals surface area (Å²) in [6, 6.07) is 3.73. The molecule has 0 saturated carbocycles. The maximum atomic E-state index is 14.3. The van der Waals surface area contributed by atoms with Gasteiger partial charge in [-0.3, -0.25) is 14.4 Å². The Kier molecular flexibility index (Phi) is 5.78. The fraction of sp³-hybridized carbons (Fsp3) is 0.480. The molecule has 4 aliphatic rings. The summed E-state index contributed by atoms with van der Waals surface area (Å²) < 4.78 is 11.8. The van der Waals surface area contributed by atoms with Crippen molar-refractivity contribution in [2.75, 3.05) is 24.7 Å². The van der Waals surface area contributed by atoms with Crippen LogP contribution in [0.25, 0.3) is 0 Å². The standard InChI is InChI=1S/C25H27ClN2O6/c1-3-15(13-29)28-21-23(31)27(20-14(2)7-4-8-16(20)26)11-6-10-25(21)19(22(28)30)18-17(34-25)9-5-12-33-24(18)32/h4-10,15,17-19,21,29H,3,11-13H2,1-2H3/t15-,17-,18+,19-,21?,25-/m0/s1. The molecule has 1 unspecified atom stereocenters. The highest BCUT2D eigenvalue weighted by molar-refractivity contribution is 6.34. The fourth-order valence-corrected chi connectivity index (χ4v) is 6.21. The number of para-hydroxylation sites is 1. The Morgan fingerprint density at radius 2 is 2.03 bits per heavy atom. The molecule has 1 spiro atoms. The largest absolute Gasteiger partial charge is 0.461 e. The lowest BCUT2D eigenvalue weighted by molar-refractivity contribution is -0.153. The molecular weight excluding hydrogens is 460 g/mol. The molecule has 0 bridgehead atoms. The van der Waals surface area contributed by atoms with Crippen LogP contribution in [0.4, 0.5) is 5.69 Å². The van der Waals surface area contributed by atoms with Gasteiger partial charge in [-0.1, -0.05) is 48.9 Å². The summed E-state index contributed by atoms with van der Waals surface area (Å²) in [5.74, 6) is -3.09. The summed E-state index contributed by atoms with van der Waals surface area (Å²) in [5.41, 5.74) is 0.0163. The summed E-state index contributed by atoms with van der Waals surface area (Å²) >= 11 is 6.51. The van der Waals surface area contributed by atoms with Gasteiger partial charge >= 0.3 is 5.97 Å². The van der Waals surface area contributed by atoms with E-state index in [1.165, 1.54) is 4.90 Å². The van der Waals surface area contributed by atoms with Gasteiger partial charge in [0.25, 0.3) is 5.91 Å². The number of hydrogen-bond acceptors (Lipinski definition) is 6. The van der Waals surface area contributed by atoms with Gasteiger partial charge in [0, 0.05) is 6.54 Å². The predicted molar refractivity (Wildman–Crippen MR) is 124 cm³/mol. The number of esters is 1. The van der Waals surface area contributed by atoms with Crippen molar-refractivity contribution in [2.45, 2.75) is 44.1 Å². The number of ether oxygens (including phenoxy) is 2. The first-order valence-corrected chi connectivity index (χ1v) is 11.9. The highest BCUT2D eigenvalue weighted by atomic mass is 35.5. The quantitative estimate of drug-likeness (QED) is 0.516. The predicted octanol–water partition coefficient (Wildman–Crippen LogP) is 2.02. The van der Waals surface area contributed by atoms with Crippen LogP contribution in [0.15, 0.2) is 42.5 Å². The van der Waals surface area contributed by atoms with Crippen molar-refractivity contribution < 1.29 is 29.0 Å². The van der Waals surface area contributed by atoms with E-state index in [1.807, 2.05) is 26.0 Å². The molecule has 1 aromatic carbocycles. The zero-order chi connectivity index (χ0) is 24.2. The molecule has 0 aliphatic carbocycles. The van der Waals surface area contributed by atoms with Crippen LogP contribution in [0.5, 0.6) is 0 Å². The molecule has 1 aromatic rings. The third-order valence-electron chi connectivity index (χ3n) is 7.39. The van der Waals surface area contributed by atoms with E-state index in [1.54, 1.807) is 35.3 Å². The molecule has 4 aliphatic heterocycles. The van der Waals surface area contributed by atoms with Gasteiger partial charge in [-0.25, -0.2) is 0 Å². The molecule has 2 fully saturated rings. The second kappa shape index (κ2) is 8.52. The van der Waals surface area contributed by atoms with Gasteiger partial charge in [0.2, 0.25) is 5.91 Å². The van der Waals surface area contributed by atoms with E-state index < -0.39 is 41.6 Å². The monoisotopic (exact) mass is 486 g/mol. The lowest BCUT2D eigenvalue weighted by atomic mass is 9.78. The molecule has 8 nitrogen and oxygen atoms in total. The second-order valence-electron chi connectivity index (χ2n) is 9.15. The normalized spacial score (nSPS) is 33.2. The molecule has 0 radical (unpaired) electrons. The molecule has 6 atom stereocenters. The Morgan fingerprint density at radius 3 is 2.74 bits per heavy atom. The topological polar surface area (TPSA) is 96.4 Å². The van der Waals surface area contributed by atoms with Crippen molar-refractivity contribution in [1.29, 1.82) is 0 Å². The SMILES string of the molecule is CC[C@@H](CO)N1C(=O)[C@@H]2[C@@H]3C(=O)OCC=C[C@@H]3O[C@@]23C=CCN(c2c(C)cccc2Cl)C(=O)C13. The van der Waals surface area contributed by atoms with Crippen LogP contribution in [0.1, 0.15) is 18.9 Å². The minimum atomic E-state index is -1.36. The third-order valence-corrected chi connectivity index (χ3v) is 7.69. The van der Waals surface area contributed by atoms with Crippen molar-refractivity contribution in [2.24, 2.45) is 11.8 Å². The molecule has 0 aromatic heterocycles.